The number of ether oxygens (including phenoxy) is 2. The van der Waals surface area contributed by atoms with E-state index in [-0.39, 0.29) is 17.9 Å². The molecule has 30 heavy (non-hydrogen) atoms. The van der Waals surface area contributed by atoms with Crippen molar-refractivity contribution in [1.82, 2.24) is 9.78 Å². The Morgan fingerprint density at radius 1 is 0.967 bits per heavy atom. The fraction of sp³-hybridized carbons (Fsp3) is 0.292. The lowest BCUT2D eigenvalue weighted by Crippen LogP contribution is -2.26. The van der Waals surface area contributed by atoms with Crippen molar-refractivity contribution in [3.8, 4) is 22.8 Å². The van der Waals surface area contributed by atoms with Crippen molar-refractivity contribution in [3.63, 3.8) is 0 Å². The van der Waals surface area contributed by atoms with Gasteiger partial charge in [-0.1, -0.05) is 38.1 Å². The predicted molar refractivity (Wildman–Crippen MR) is 116 cm³/mol. The lowest BCUT2D eigenvalue weighted by molar-refractivity contribution is 0.0965. The quantitative estimate of drug-likeness (QED) is 0.529. The van der Waals surface area contributed by atoms with Crippen LogP contribution in [-0.4, -0.2) is 29.8 Å². The molecule has 0 amide bonds. The standard InChI is InChI=1S/C24H26N2O4/c1-16(2)13-17-5-7-18(8-6-17)20-10-12-24(28)26(25-20)15-21(27)19-9-11-22(29-3)23(14-19)30-4/h5-12,14,16H,13,15H2,1-4H3. The molecule has 0 unspecified atom stereocenters. The minimum atomic E-state index is -0.330. The first-order valence-electron chi connectivity index (χ1n) is 9.84. The van der Waals surface area contributed by atoms with Crippen LogP contribution in [0.15, 0.2) is 59.4 Å². The van der Waals surface area contributed by atoms with Gasteiger partial charge < -0.3 is 9.47 Å². The third kappa shape index (κ3) is 4.95. The van der Waals surface area contributed by atoms with Gasteiger partial charge in [-0.3, -0.25) is 9.59 Å². The van der Waals surface area contributed by atoms with Crippen molar-refractivity contribution < 1.29 is 14.3 Å². The van der Waals surface area contributed by atoms with Crippen LogP contribution in [0.1, 0.15) is 29.8 Å². The van der Waals surface area contributed by atoms with Crippen LogP contribution >= 0.6 is 0 Å². The molecule has 2 aromatic carbocycles. The maximum Gasteiger partial charge on any atom is 0.267 e. The summed E-state index contributed by atoms with van der Waals surface area (Å²) in [6, 6.07) is 16.1. The molecule has 0 atom stereocenters. The Labute approximate surface area is 176 Å². The van der Waals surface area contributed by atoms with Gasteiger partial charge in [0.05, 0.1) is 19.9 Å². The Balaban J connectivity index is 1.83. The Bertz CT molecular complexity index is 1090. The molecule has 1 heterocycles. The maximum atomic E-state index is 12.7. The van der Waals surface area contributed by atoms with Crippen molar-refractivity contribution in [1.29, 1.82) is 0 Å². The zero-order valence-electron chi connectivity index (χ0n) is 17.7. The first-order chi connectivity index (χ1) is 14.4. The van der Waals surface area contributed by atoms with E-state index in [4.69, 9.17) is 9.47 Å². The molecular formula is C24H26N2O4. The van der Waals surface area contributed by atoms with Crippen LogP contribution in [-0.2, 0) is 13.0 Å². The second-order valence-corrected chi connectivity index (χ2v) is 7.50. The smallest absolute Gasteiger partial charge is 0.267 e. The van der Waals surface area contributed by atoms with Crippen molar-refractivity contribution in [2.75, 3.05) is 14.2 Å². The molecule has 0 saturated heterocycles. The number of ketones is 1. The monoisotopic (exact) mass is 406 g/mol. The molecule has 156 valence electrons. The number of Topliss-reactive ketones (excluding diaryl/α,β-unsaturated/α-hetero) is 1. The molecule has 0 radical (unpaired) electrons. The van der Waals surface area contributed by atoms with E-state index in [0.717, 1.165) is 12.0 Å². The van der Waals surface area contributed by atoms with E-state index in [2.05, 4.69) is 31.1 Å². The van der Waals surface area contributed by atoms with Gasteiger partial charge in [0.15, 0.2) is 17.3 Å². The summed E-state index contributed by atoms with van der Waals surface area (Å²) >= 11 is 0. The fourth-order valence-electron chi connectivity index (χ4n) is 3.24. The first kappa shape index (κ1) is 21.3. The van der Waals surface area contributed by atoms with E-state index in [9.17, 15) is 9.59 Å². The summed E-state index contributed by atoms with van der Waals surface area (Å²) in [4.78, 5) is 25.0. The minimum Gasteiger partial charge on any atom is -0.493 e. The normalized spacial score (nSPS) is 10.8. The number of hydrogen-bond donors (Lipinski definition) is 0. The van der Waals surface area contributed by atoms with Crippen molar-refractivity contribution >= 4 is 5.78 Å². The van der Waals surface area contributed by atoms with Crippen molar-refractivity contribution in [2.24, 2.45) is 5.92 Å². The molecule has 0 fully saturated rings. The molecule has 0 spiro atoms. The summed E-state index contributed by atoms with van der Waals surface area (Å²) in [5.41, 5.74) is 2.89. The van der Waals surface area contributed by atoms with Gasteiger partial charge in [-0.2, -0.15) is 5.10 Å². The number of carbonyl (C=O) groups excluding carboxylic acids is 1. The Kier molecular flexibility index (Phi) is 6.67. The summed E-state index contributed by atoms with van der Waals surface area (Å²) in [6.07, 6.45) is 1.01. The molecule has 3 rings (SSSR count). The third-order valence-electron chi connectivity index (χ3n) is 4.76. The van der Waals surface area contributed by atoms with Crippen molar-refractivity contribution in [3.05, 3.63) is 76.1 Å². The van der Waals surface area contributed by atoms with Crippen LogP contribution in [0.25, 0.3) is 11.3 Å². The minimum absolute atomic E-state index is 0.159. The second kappa shape index (κ2) is 9.39. The molecule has 1 aromatic heterocycles. The Hall–Kier alpha value is -3.41. The molecular weight excluding hydrogens is 380 g/mol. The van der Waals surface area contributed by atoms with Gasteiger partial charge in [0, 0.05) is 17.2 Å². The number of methoxy groups -OCH3 is 2. The average molecular weight is 406 g/mol. The number of aromatic nitrogens is 2. The molecule has 0 bridgehead atoms. The van der Waals surface area contributed by atoms with Crippen LogP contribution < -0.4 is 15.0 Å². The van der Waals surface area contributed by atoms with E-state index >= 15 is 0 Å². The van der Waals surface area contributed by atoms with Gasteiger partial charge in [-0.05, 0) is 42.2 Å². The van der Waals surface area contributed by atoms with Crippen molar-refractivity contribution in [2.45, 2.75) is 26.8 Å². The Morgan fingerprint density at radius 2 is 1.67 bits per heavy atom. The van der Waals surface area contributed by atoms with E-state index < -0.39 is 0 Å². The average Bonchev–Trinajstić information content (AvgIpc) is 2.75. The number of rotatable bonds is 8. The molecule has 0 aliphatic carbocycles. The summed E-state index contributed by atoms with van der Waals surface area (Å²) in [7, 11) is 3.04. The SMILES string of the molecule is COc1ccc(C(=O)Cn2nc(-c3ccc(CC(C)C)cc3)ccc2=O)cc1OC. The highest BCUT2D eigenvalue weighted by molar-refractivity contribution is 5.96. The molecule has 6 heteroatoms. The second-order valence-electron chi connectivity index (χ2n) is 7.50. The van der Waals surface area contributed by atoms with Crippen LogP contribution in [0.2, 0.25) is 0 Å². The third-order valence-corrected chi connectivity index (χ3v) is 4.76. The van der Waals surface area contributed by atoms with Gasteiger partial charge in [0.1, 0.15) is 6.54 Å². The number of carbonyl (C=O) groups is 1. The molecule has 3 aromatic rings. The summed E-state index contributed by atoms with van der Waals surface area (Å²) < 4.78 is 11.6. The van der Waals surface area contributed by atoms with Crippen LogP contribution in [0.4, 0.5) is 0 Å². The highest BCUT2D eigenvalue weighted by Gasteiger charge is 2.13. The number of hydrogen-bond acceptors (Lipinski definition) is 5. The fourth-order valence-corrected chi connectivity index (χ4v) is 3.24. The van der Waals surface area contributed by atoms with Gasteiger partial charge in [-0.15, -0.1) is 0 Å². The van der Waals surface area contributed by atoms with E-state index in [1.165, 1.54) is 30.5 Å². The number of benzene rings is 2. The molecule has 0 saturated carbocycles. The first-order valence-corrected chi connectivity index (χ1v) is 9.84. The maximum absolute atomic E-state index is 12.7. The lowest BCUT2D eigenvalue weighted by atomic mass is 10.0. The zero-order chi connectivity index (χ0) is 21.7. The predicted octanol–water partition coefficient (Wildman–Crippen LogP) is 4.01. The van der Waals surface area contributed by atoms with Gasteiger partial charge in [0.2, 0.25) is 0 Å². The summed E-state index contributed by atoms with van der Waals surface area (Å²) in [5, 5.41) is 4.40. The van der Waals surface area contributed by atoms with E-state index in [1.807, 2.05) is 12.1 Å². The highest BCUT2D eigenvalue weighted by Crippen LogP contribution is 2.27. The number of nitrogens with zero attached hydrogens (tertiary/aromatic N) is 2. The lowest BCUT2D eigenvalue weighted by Gasteiger charge is -2.10. The highest BCUT2D eigenvalue weighted by atomic mass is 16.5. The zero-order valence-corrected chi connectivity index (χ0v) is 17.7. The summed E-state index contributed by atoms with van der Waals surface area (Å²) in [6.45, 7) is 4.20. The molecule has 6 nitrogen and oxygen atoms in total. The Morgan fingerprint density at radius 3 is 2.30 bits per heavy atom. The van der Waals surface area contributed by atoms with E-state index in [0.29, 0.717) is 28.7 Å². The van der Waals surface area contributed by atoms with E-state index in [1.54, 1.807) is 24.3 Å². The van der Waals surface area contributed by atoms with Crippen LogP contribution in [0.5, 0.6) is 11.5 Å². The molecule has 0 aliphatic heterocycles. The molecule has 0 aliphatic rings. The molecule has 0 N–H and O–H groups in total. The van der Waals surface area contributed by atoms with Gasteiger partial charge >= 0.3 is 0 Å². The largest absolute Gasteiger partial charge is 0.493 e. The van der Waals surface area contributed by atoms with Crippen LogP contribution in [0.3, 0.4) is 0 Å². The van der Waals surface area contributed by atoms with Crippen LogP contribution in [0, 0.1) is 5.92 Å². The summed E-state index contributed by atoms with van der Waals surface area (Å²) in [5.74, 6) is 1.33. The topological polar surface area (TPSA) is 70.4 Å². The van der Waals surface area contributed by atoms with Gasteiger partial charge in [-0.25, -0.2) is 4.68 Å². The van der Waals surface area contributed by atoms with Gasteiger partial charge in [0.25, 0.3) is 5.56 Å².